The smallest absolute Gasteiger partial charge is 0.138 e. The first-order valence-corrected chi connectivity index (χ1v) is 6.08. The van der Waals surface area contributed by atoms with Crippen LogP contribution in [0.25, 0.3) is 0 Å². The van der Waals surface area contributed by atoms with Crippen LogP contribution in [0.3, 0.4) is 0 Å². The number of carbonyl (C=O) groups excluding carboxylic acids is 1. The second-order valence-corrected chi connectivity index (χ2v) is 4.34. The predicted molar refractivity (Wildman–Crippen MR) is 59.4 cm³/mol. The molecule has 0 radical (unpaired) electrons. The van der Waals surface area contributed by atoms with E-state index in [2.05, 4.69) is 12.2 Å². The van der Waals surface area contributed by atoms with Crippen molar-refractivity contribution >= 4 is 5.78 Å². The third-order valence-electron chi connectivity index (χ3n) is 3.01. The third-order valence-corrected chi connectivity index (χ3v) is 3.01. The Balaban J connectivity index is 1.85. The monoisotopic (exact) mass is 197 g/mol. The SMILES string of the molecule is CCCCCCCCC(=O)C1CNC1. The summed E-state index contributed by atoms with van der Waals surface area (Å²) in [5, 5.41) is 3.14. The van der Waals surface area contributed by atoms with E-state index >= 15 is 0 Å². The standard InChI is InChI=1S/C12H23NO/c1-2-3-4-5-6-7-8-12(14)11-9-13-10-11/h11,13H,2-10H2,1H3. The lowest BCUT2D eigenvalue weighted by molar-refractivity contribution is -0.124. The van der Waals surface area contributed by atoms with Crippen molar-refractivity contribution in [2.75, 3.05) is 13.1 Å². The van der Waals surface area contributed by atoms with Crippen LogP contribution in [0, 0.1) is 5.92 Å². The molecule has 0 aromatic rings. The van der Waals surface area contributed by atoms with Gasteiger partial charge in [-0.15, -0.1) is 0 Å². The van der Waals surface area contributed by atoms with Crippen LogP contribution in [0.2, 0.25) is 0 Å². The number of unbranched alkanes of at least 4 members (excludes halogenated alkanes) is 5. The van der Waals surface area contributed by atoms with Crippen LogP contribution in [0.4, 0.5) is 0 Å². The number of Topliss-reactive ketones (excluding diaryl/α,β-unsaturated/α-hetero) is 1. The maximum absolute atomic E-state index is 11.5. The molecular formula is C12H23NO. The normalized spacial score (nSPS) is 16.6. The lowest BCUT2D eigenvalue weighted by Crippen LogP contribution is -2.46. The zero-order valence-electron chi connectivity index (χ0n) is 9.35. The second kappa shape index (κ2) is 6.99. The van der Waals surface area contributed by atoms with Gasteiger partial charge in [0.05, 0.1) is 0 Å². The third kappa shape index (κ3) is 4.23. The van der Waals surface area contributed by atoms with Crippen molar-refractivity contribution in [1.82, 2.24) is 5.32 Å². The van der Waals surface area contributed by atoms with Crippen molar-refractivity contribution in [3.05, 3.63) is 0 Å². The summed E-state index contributed by atoms with van der Waals surface area (Å²) in [7, 11) is 0. The van der Waals surface area contributed by atoms with Crippen LogP contribution in [-0.2, 0) is 4.79 Å². The van der Waals surface area contributed by atoms with E-state index in [0.717, 1.165) is 25.9 Å². The van der Waals surface area contributed by atoms with Gasteiger partial charge in [0, 0.05) is 25.4 Å². The summed E-state index contributed by atoms with van der Waals surface area (Å²) in [4.78, 5) is 11.5. The summed E-state index contributed by atoms with van der Waals surface area (Å²) in [5.41, 5.74) is 0. The number of carbonyl (C=O) groups is 1. The molecule has 14 heavy (non-hydrogen) atoms. The topological polar surface area (TPSA) is 29.1 Å². The van der Waals surface area contributed by atoms with Crippen molar-refractivity contribution in [2.24, 2.45) is 5.92 Å². The van der Waals surface area contributed by atoms with Gasteiger partial charge in [-0.3, -0.25) is 4.79 Å². The summed E-state index contributed by atoms with van der Waals surface area (Å²) in [5.74, 6) is 0.838. The van der Waals surface area contributed by atoms with Crippen LogP contribution in [-0.4, -0.2) is 18.9 Å². The van der Waals surface area contributed by atoms with E-state index in [1.807, 2.05) is 0 Å². The van der Waals surface area contributed by atoms with Crippen LogP contribution < -0.4 is 5.32 Å². The minimum atomic E-state index is 0.352. The lowest BCUT2D eigenvalue weighted by Gasteiger charge is -2.25. The molecule has 82 valence electrons. The highest BCUT2D eigenvalue weighted by molar-refractivity contribution is 5.82. The Labute approximate surface area is 87.5 Å². The molecule has 1 aliphatic heterocycles. The highest BCUT2D eigenvalue weighted by Gasteiger charge is 2.23. The molecule has 0 aromatic heterocycles. The Morgan fingerprint density at radius 3 is 2.36 bits per heavy atom. The van der Waals surface area contributed by atoms with Gasteiger partial charge in [-0.2, -0.15) is 0 Å². The van der Waals surface area contributed by atoms with Gasteiger partial charge in [-0.1, -0.05) is 39.0 Å². The van der Waals surface area contributed by atoms with Gasteiger partial charge in [0.15, 0.2) is 0 Å². The van der Waals surface area contributed by atoms with Crippen LogP contribution in [0.15, 0.2) is 0 Å². The summed E-state index contributed by atoms with van der Waals surface area (Å²) < 4.78 is 0. The van der Waals surface area contributed by atoms with Gasteiger partial charge in [0.25, 0.3) is 0 Å². The molecule has 1 saturated heterocycles. The Morgan fingerprint density at radius 2 is 1.79 bits per heavy atom. The molecule has 2 nitrogen and oxygen atoms in total. The highest BCUT2D eigenvalue weighted by atomic mass is 16.1. The lowest BCUT2D eigenvalue weighted by atomic mass is 9.94. The molecule has 2 heteroatoms. The molecule has 0 saturated carbocycles. The van der Waals surface area contributed by atoms with Crippen molar-refractivity contribution in [3.8, 4) is 0 Å². The van der Waals surface area contributed by atoms with E-state index < -0.39 is 0 Å². The van der Waals surface area contributed by atoms with Crippen LogP contribution in [0.5, 0.6) is 0 Å². The van der Waals surface area contributed by atoms with Crippen LogP contribution in [0.1, 0.15) is 51.9 Å². The summed E-state index contributed by atoms with van der Waals surface area (Å²) in [6.07, 6.45) is 8.47. The first-order valence-electron chi connectivity index (χ1n) is 6.08. The molecule has 1 rings (SSSR count). The molecule has 0 atom stereocenters. The average molecular weight is 197 g/mol. The quantitative estimate of drug-likeness (QED) is 0.606. The number of rotatable bonds is 8. The average Bonchev–Trinajstić information content (AvgIpc) is 2.08. The van der Waals surface area contributed by atoms with E-state index in [4.69, 9.17) is 0 Å². The summed E-state index contributed by atoms with van der Waals surface area (Å²) in [6.45, 7) is 4.08. The molecular weight excluding hydrogens is 174 g/mol. The Hall–Kier alpha value is -0.370. The van der Waals surface area contributed by atoms with E-state index in [1.54, 1.807) is 0 Å². The maximum atomic E-state index is 11.5. The fourth-order valence-corrected chi connectivity index (χ4v) is 1.80. The van der Waals surface area contributed by atoms with Gasteiger partial charge in [0.2, 0.25) is 0 Å². The van der Waals surface area contributed by atoms with E-state index in [9.17, 15) is 4.79 Å². The minimum absolute atomic E-state index is 0.352. The van der Waals surface area contributed by atoms with Crippen molar-refractivity contribution in [1.29, 1.82) is 0 Å². The molecule has 0 spiro atoms. The van der Waals surface area contributed by atoms with Gasteiger partial charge in [-0.05, 0) is 6.42 Å². The van der Waals surface area contributed by atoms with Crippen LogP contribution >= 0.6 is 0 Å². The van der Waals surface area contributed by atoms with Gasteiger partial charge in [0.1, 0.15) is 5.78 Å². The van der Waals surface area contributed by atoms with Gasteiger partial charge in [-0.25, -0.2) is 0 Å². The number of ketones is 1. The van der Waals surface area contributed by atoms with Crippen molar-refractivity contribution in [2.45, 2.75) is 51.9 Å². The van der Waals surface area contributed by atoms with Crippen molar-refractivity contribution < 1.29 is 4.79 Å². The molecule has 0 aliphatic carbocycles. The number of hydrogen-bond donors (Lipinski definition) is 1. The Bertz CT molecular complexity index is 164. The van der Waals surface area contributed by atoms with Gasteiger partial charge >= 0.3 is 0 Å². The summed E-state index contributed by atoms with van der Waals surface area (Å²) >= 11 is 0. The molecule has 0 amide bonds. The number of hydrogen-bond acceptors (Lipinski definition) is 2. The van der Waals surface area contributed by atoms with E-state index in [0.29, 0.717) is 11.7 Å². The molecule has 1 aliphatic rings. The zero-order valence-corrected chi connectivity index (χ0v) is 9.35. The highest BCUT2D eigenvalue weighted by Crippen LogP contribution is 2.12. The van der Waals surface area contributed by atoms with E-state index in [1.165, 1.54) is 32.1 Å². The Morgan fingerprint density at radius 1 is 1.14 bits per heavy atom. The molecule has 1 fully saturated rings. The molecule has 0 aromatic carbocycles. The fraction of sp³-hybridized carbons (Fsp3) is 0.917. The zero-order chi connectivity index (χ0) is 10.2. The predicted octanol–water partition coefficient (Wildman–Crippen LogP) is 2.53. The fourth-order valence-electron chi connectivity index (χ4n) is 1.80. The molecule has 0 unspecified atom stereocenters. The minimum Gasteiger partial charge on any atom is -0.315 e. The Kier molecular flexibility index (Phi) is 5.85. The molecule has 1 heterocycles. The maximum Gasteiger partial charge on any atom is 0.138 e. The first kappa shape index (κ1) is 11.7. The summed E-state index contributed by atoms with van der Waals surface area (Å²) in [6, 6.07) is 0. The van der Waals surface area contributed by atoms with E-state index in [-0.39, 0.29) is 0 Å². The second-order valence-electron chi connectivity index (χ2n) is 4.34. The van der Waals surface area contributed by atoms with Gasteiger partial charge < -0.3 is 5.32 Å². The molecule has 1 N–H and O–H groups in total. The largest absolute Gasteiger partial charge is 0.315 e. The van der Waals surface area contributed by atoms with Crippen molar-refractivity contribution in [3.63, 3.8) is 0 Å². The molecule has 0 bridgehead atoms. The first-order chi connectivity index (χ1) is 6.84. The number of nitrogens with one attached hydrogen (secondary N) is 1.